The molecule has 0 unspecified atom stereocenters. The van der Waals surface area contributed by atoms with E-state index in [0.717, 1.165) is 43.4 Å². The van der Waals surface area contributed by atoms with Gasteiger partial charge in [0.2, 0.25) is 0 Å². The molecule has 2 heteroatoms. The highest BCUT2D eigenvalue weighted by atomic mass is 16.3. The van der Waals surface area contributed by atoms with Gasteiger partial charge in [0.1, 0.15) is 11.2 Å². The van der Waals surface area contributed by atoms with Gasteiger partial charge in [0.05, 0.1) is 16.7 Å². The van der Waals surface area contributed by atoms with E-state index in [4.69, 9.17) is 4.42 Å². The summed E-state index contributed by atoms with van der Waals surface area (Å²) < 4.78 is 83.6. The molecule has 0 aliphatic heterocycles. The van der Waals surface area contributed by atoms with Crippen LogP contribution in [-0.2, 0) is 0 Å². The van der Waals surface area contributed by atoms with Crippen LogP contribution in [0.25, 0.3) is 88.0 Å². The van der Waals surface area contributed by atoms with Crippen LogP contribution in [0.5, 0.6) is 0 Å². The highest BCUT2D eigenvalue weighted by molar-refractivity contribution is 6.17. The first-order chi connectivity index (χ1) is 32.1. The Bertz CT molecular complexity index is 3710. The zero-order valence-electron chi connectivity index (χ0n) is 39.1. The van der Waals surface area contributed by atoms with Gasteiger partial charge in [-0.05, 0) is 91.9 Å². The lowest BCUT2D eigenvalue weighted by Gasteiger charge is -2.28. The molecule has 10 aromatic carbocycles. The number of benzene rings is 10. The first kappa shape index (κ1) is 26.2. The number of furan rings is 1. The highest BCUT2D eigenvalue weighted by Gasteiger charge is 2.21. The van der Waals surface area contributed by atoms with Gasteiger partial charge in [-0.25, -0.2) is 0 Å². The lowest BCUT2D eigenvalue weighted by molar-refractivity contribution is 0.674. The third-order valence-corrected chi connectivity index (χ3v) is 10.8. The quantitative estimate of drug-likeness (QED) is 0.161. The van der Waals surface area contributed by atoms with E-state index in [0.29, 0.717) is 39.1 Å². The Morgan fingerprint density at radius 3 is 1.64 bits per heavy atom. The van der Waals surface area contributed by atoms with Gasteiger partial charge < -0.3 is 9.32 Å². The van der Waals surface area contributed by atoms with Crippen LogP contribution in [0.1, 0.15) is 11.0 Å². The summed E-state index contributed by atoms with van der Waals surface area (Å²) in [4.78, 5) is 1.37. The number of anilines is 3. The Morgan fingerprint density at radius 2 is 0.845 bits per heavy atom. The monoisotopic (exact) mass is 747 g/mol. The van der Waals surface area contributed by atoms with Crippen molar-refractivity contribution in [1.82, 2.24) is 0 Å². The fourth-order valence-corrected chi connectivity index (χ4v) is 8.04. The van der Waals surface area contributed by atoms with Gasteiger partial charge in [0, 0.05) is 38.7 Å². The van der Waals surface area contributed by atoms with Crippen molar-refractivity contribution in [2.24, 2.45) is 0 Å². The smallest absolute Gasteiger partial charge is 0.143 e. The minimum absolute atomic E-state index is 0.0855. The van der Waals surface area contributed by atoms with Gasteiger partial charge in [-0.1, -0.05) is 182 Å². The van der Waals surface area contributed by atoms with Crippen molar-refractivity contribution in [1.29, 1.82) is 0 Å². The number of nitrogens with zero attached hydrogens (tertiary/aromatic N) is 1. The van der Waals surface area contributed by atoms with Crippen molar-refractivity contribution in [2.45, 2.75) is 0 Å². The van der Waals surface area contributed by atoms with Crippen molar-refractivity contribution in [3.05, 3.63) is 224 Å². The highest BCUT2D eigenvalue weighted by Crippen LogP contribution is 2.45. The molecular formula is C56H37NO. The molecule has 0 atom stereocenters. The van der Waals surface area contributed by atoms with E-state index < -0.39 is 24.2 Å². The third kappa shape index (κ3) is 5.82. The second kappa shape index (κ2) is 14.1. The lowest BCUT2D eigenvalue weighted by Crippen LogP contribution is -2.11. The molecule has 11 rings (SSSR count). The van der Waals surface area contributed by atoms with E-state index in [-0.39, 0.29) is 46.7 Å². The van der Waals surface area contributed by atoms with Crippen LogP contribution in [0.3, 0.4) is 0 Å². The number of hydrogen-bond acceptors (Lipinski definition) is 2. The summed E-state index contributed by atoms with van der Waals surface area (Å²) in [5, 5.41) is 5.82. The maximum Gasteiger partial charge on any atom is 0.143 e. The fraction of sp³-hybridized carbons (Fsp3) is 0. The molecule has 0 fully saturated rings. The van der Waals surface area contributed by atoms with Crippen molar-refractivity contribution in [3.63, 3.8) is 0 Å². The molecular weight excluding hydrogens is 703 g/mol. The first-order valence-corrected chi connectivity index (χ1v) is 19.2. The van der Waals surface area contributed by atoms with Crippen LogP contribution >= 0.6 is 0 Å². The summed E-state index contributed by atoms with van der Waals surface area (Å²) in [7, 11) is 0. The van der Waals surface area contributed by atoms with Gasteiger partial charge in [-0.2, -0.15) is 0 Å². The minimum Gasteiger partial charge on any atom is -0.455 e. The SMILES string of the molecule is [2H]c1c([2H])c(N(c2ccccc2-c2cccc3c2oc2c4ccccc4ccc32)c2c([2H])c([2H])c(-c3cccc(-c4cccc5ccccc45)c3)c([2H])c2[2H])c([2H])c([2H])c1-c1ccccc1. The van der Waals surface area contributed by atoms with Crippen LogP contribution in [-0.4, -0.2) is 0 Å². The van der Waals surface area contributed by atoms with E-state index in [9.17, 15) is 11.0 Å². The van der Waals surface area contributed by atoms with Gasteiger partial charge in [-0.3, -0.25) is 0 Å². The predicted octanol–water partition coefficient (Wildman–Crippen LogP) is 16.0. The van der Waals surface area contributed by atoms with Gasteiger partial charge in [0.15, 0.2) is 0 Å². The van der Waals surface area contributed by atoms with Gasteiger partial charge >= 0.3 is 0 Å². The first-order valence-electron chi connectivity index (χ1n) is 23.2. The van der Waals surface area contributed by atoms with Crippen LogP contribution in [0.15, 0.2) is 229 Å². The Morgan fingerprint density at radius 1 is 0.328 bits per heavy atom. The molecule has 0 bridgehead atoms. The van der Waals surface area contributed by atoms with Crippen molar-refractivity contribution < 1.29 is 15.4 Å². The molecule has 1 aromatic heterocycles. The zero-order chi connectivity index (χ0) is 45.4. The topological polar surface area (TPSA) is 16.4 Å². The summed E-state index contributed by atoms with van der Waals surface area (Å²) in [6.45, 7) is 0. The van der Waals surface area contributed by atoms with Crippen LogP contribution in [0, 0.1) is 0 Å². The van der Waals surface area contributed by atoms with Crippen molar-refractivity contribution >= 4 is 60.5 Å². The minimum atomic E-state index is -0.422. The third-order valence-electron chi connectivity index (χ3n) is 10.8. The van der Waals surface area contributed by atoms with Crippen LogP contribution < -0.4 is 4.90 Å². The Labute approximate surface area is 348 Å². The maximum atomic E-state index is 9.79. The molecule has 272 valence electrons. The normalized spacial score (nSPS) is 13.4. The molecule has 0 saturated heterocycles. The van der Waals surface area contributed by atoms with E-state index in [2.05, 4.69) is 6.07 Å². The molecule has 2 nitrogen and oxygen atoms in total. The molecule has 11 aromatic rings. The second-order valence-electron chi connectivity index (χ2n) is 14.2. The molecule has 1 heterocycles. The van der Waals surface area contributed by atoms with E-state index in [1.165, 1.54) is 4.90 Å². The second-order valence-corrected chi connectivity index (χ2v) is 14.2. The van der Waals surface area contributed by atoms with Crippen LogP contribution in [0.2, 0.25) is 0 Å². The summed E-state index contributed by atoms with van der Waals surface area (Å²) in [6.07, 6.45) is 0. The van der Waals surface area contributed by atoms with E-state index >= 15 is 0 Å². The summed E-state index contributed by atoms with van der Waals surface area (Å²) in [6, 6.07) is 52.4. The molecule has 0 aliphatic rings. The van der Waals surface area contributed by atoms with Crippen LogP contribution in [0.4, 0.5) is 17.1 Å². The van der Waals surface area contributed by atoms with Crippen molar-refractivity contribution in [2.75, 3.05) is 4.90 Å². The fourth-order valence-electron chi connectivity index (χ4n) is 8.04. The Hall–Kier alpha value is -7.68. The number of hydrogen-bond donors (Lipinski definition) is 0. The molecule has 0 saturated carbocycles. The molecule has 0 radical (unpaired) electrons. The molecule has 0 amide bonds. The van der Waals surface area contributed by atoms with Gasteiger partial charge in [0.25, 0.3) is 0 Å². The summed E-state index contributed by atoms with van der Waals surface area (Å²) in [5.74, 6) is 0. The number of fused-ring (bicyclic) bond motifs is 6. The average molecular weight is 748 g/mol. The Balaban J connectivity index is 1.17. The average Bonchev–Trinajstić information content (AvgIpc) is 3.75. The van der Waals surface area contributed by atoms with Crippen molar-refractivity contribution in [3.8, 4) is 44.5 Å². The lowest BCUT2D eigenvalue weighted by atomic mass is 9.95. The molecule has 0 aliphatic carbocycles. The largest absolute Gasteiger partial charge is 0.455 e. The van der Waals surface area contributed by atoms with E-state index in [1.54, 1.807) is 42.5 Å². The number of para-hydroxylation sites is 2. The predicted molar refractivity (Wildman–Crippen MR) is 245 cm³/mol. The van der Waals surface area contributed by atoms with Gasteiger partial charge in [-0.15, -0.1) is 0 Å². The molecule has 58 heavy (non-hydrogen) atoms. The standard InChI is InChI=1S/C56H37NO/c1-2-13-38(14-3-1)39-27-32-45(33-28-39)57(46-34-29-40(30-35-46)43-18-10-19-44(37-43)48-23-11-17-41-15-4-6-20-47(41)48)54-26-9-8-22-50(54)51-24-12-25-52-53-36-31-42-16-5-7-21-49(42)55(53)58-56(51)52/h1-37H/i27D,28D,29D,30D,32D,33D,34D,35D. The molecule has 0 N–H and O–H groups in total. The number of rotatable bonds is 7. The van der Waals surface area contributed by atoms with E-state index in [1.807, 2.05) is 127 Å². The Kier molecular flexibility index (Phi) is 6.38. The summed E-state index contributed by atoms with van der Waals surface area (Å²) >= 11 is 0. The zero-order valence-corrected chi connectivity index (χ0v) is 31.1. The maximum absolute atomic E-state index is 9.79. The molecule has 0 spiro atoms. The summed E-state index contributed by atoms with van der Waals surface area (Å²) in [5.41, 5.74) is 5.26.